The lowest BCUT2D eigenvalue weighted by atomic mass is 10.1. The van der Waals surface area contributed by atoms with Crippen LogP contribution in [0.3, 0.4) is 0 Å². The predicted octanol–water partition coefficient (Wildman–Crippen LogP) is 1.52. The maximum Gasteiger partial charge on any atom is 0.323 e. The number of amides is 6. The normalized spacial score (nSPS) is 18.7. The number of hydrogen-bond donors (Lipinski definition) is 3. The number of nitrogens with one attached hydrogen (secondary N) is 3. The number of carbonyl (C=O) groups excluding carboxylic acids is 4. The van der Waals surface area contributed by atoms with Gasteiger partial charge >= 0.3 is 12.1 Å². The number of pyridine rings is 1. The molecule has 0 spiro atoms. The summed E-state index contributed by atoms with van der Waals surface area (Å²) >= 11 is 0. The van der Waals surface area contributed by atoms with Crippen LogP contribution in [0.2, 0.25) is 0 Å². The van der Waals surface area contributed by atoms with Gasteiger partial charge in [-0.25, -0.2) is 14.6 Å². The second-order valence-electron chi connectivity index (χ2n) is 8.19. The van der Waals surface area contributed by atoms with E-state index < -0.39 is 18.0 Å². The SMILES string of the molecule is COc1ccc2c(c1)C(=O)N(C)C2.O=C1NC(=O)C(c2cc3cc(N4CCNC4=O)ncc3o2)N1. The zero-order chi connectivity index (χ0) is 24.7. The van der Waals surface area contributed by atoms with Crippen LogP contribution in [-0.4, -0.2) is 61.0 Å². The van der Waals surface area contributed by atoms with Gasteiger partial charge in [-0.2, -0.15) is 0 Å². The Morgan fingerprint density at radius 1 is 1.14 bits per heavy atom. The minimum Gasteiger partial charge on any atom is -0.497 e. The van der Waals surface area contributed by atoms with E-state index in [1.165, 1.54) is 11.1 Å². The van der Waals surface area contributed by atoms with Crippen molar-refractivity contribution in [2.75, 3.05) is 32.1 Å². The molecule has 3 aliphatic rings. The molecule has 0 bridgehead atoms. The number of furan rings is 1. The van der Waals surface area contributed by atoms with Gasteiger partial charge in [0.1, 0.15) is 17.3 Å². The topological polar surface area (TPSA) is 146 Å². The summed E-state index contributed by atoms with van der Waals surface area (Å²) in [6, 6.07) is 7.38. The summed E-state index contributed by atoms with van der Waals surface area (Å²) < 4.78 is 10.6. The number of benzene rings is 1. The van der Waals surface area contributed by atoms with Crippen molar-refractivity contribution in [3.05, 3.63) is 53.4 Å². The smallest absolute Gasteiger partial charge is 0.323 e. The van der Waals surface area contributed by atoms with E-state index in [-0.39, 0.29) is 11.9 Å². The minimum atomic E-state index is -0.849. The van der Waals surface area contributed by atoms with E-state index >= 15 is 0 Å². The quantitative estimate of drug-likeness (QED) is 0.484. The lowest BCUT2D eigenvalue weighted by Crippen LogP contribution is -2.28. The molecule has 1 aromatic carbocycles. The Morgan fingerprint density at radius 3 is 2.66 bits per heavy atom. The predicted molar refractivity (Wildman–Crippen MR) is 123 cm³/mol. The molecule has 0 aliphatic carbocycles. The highest BCUT2D eigenvalue weighted by molar-refractivity contribution is 6.04. The zero-order valence-corrected chi connectivity index (χ0v) is 19.0. The first-order valence-electron chi connectivity index (χ1n) is 10.8. The fourth-order valence-corrected chi connectivity index (χ4v) is 4.10. The van der Waals surface area contributed by atoms with Gasteiger partial charge in [0.05, 0.1) is 13.3 Å². The van der Waals surface area contributed by atoms with Gasteiger partial charge < -0.3 is 24.7 Å². The van der Waals surface area contributed by atoms with E-state index in [1.54, 1.807) is 37.3 Å². The van der Waals surface area contributed by atoms with E-state index in [4.69, 9.17) is 9.15 Å². The summed E-state index contributed by atoms with van der Waals surface area (Å²) in [4.78, 5) is 53.4. The number of rotatable bonds is 3. The summed E-state index contributed by atoms with van der Waals surface area (Å²) in [6.07, 6.45) is 1.49. The van der Waals surface area contributed by atoms with Crippen molar-refractivity contribution < 1.29 is 28.3 Å². The van der Waals surface area contributed by atoms with E-state index in [1.807, 2.05) is 12.1 Å². The number of aromatic nitrogens is 1. The number of ether oxygens (including phenoxy) is 1. The van der Waals surface area contributed by atoms with Gasteiger partial charge in [-0.1, -0.05) is 6.07 Å². The third-order valence-electron chi connectivity index (χ3n) is 5.90. The maximum absolute atomic E-state index is 11.7. The molecule has 0 radical (unpaired) electrons. The second kappa shape index (κ2) is 8.63. The molecule has 12 nitrogen and oxygen atoms in total. The molecule has 35 heavy (non-hydrogen) atoms. The van der Waals surface area contributed by atoms with E-state index in [0.717, 1.165) is 16.9 Å². The van der Waals surface area contributed by atoms with Gasteiger partial charge in [-0.15, -0.1) is 0 Å². The summed E-state index contributed by atoms with van der Waals surface area (Å²) in [6.45, 7) is 1.82. The van der Waals surface area contributed by atoms with Crippen molar-refractivity contribution in [3.8, 4) is 5.75 Å². The van der Waals surface area contributed by atoms with Gasteiger partial charge in [0.25, 0.3) is 11.8 Å². The molecule has 3 aromatic rings. The van der Waals surface area contributed by atoms with Crippen LogP contribution in [0.25, 0.3) is 11.0 Å². The van der Waals surface area contributed by atoms with Crippen molar-refractivity contribution in [3.63, 3.8) is 0 Å². The molecular weight excluding hydrogens is 456 g/mol. The Hall–Kier alpha value is -4.61. The van der Waals surface area contributed by atoms with E-state index in [0.29, 0.717) is 42.2 Å². The molecule has 2 fully saturated rings. The maximum atomic E-state index is 11.7. The van der Waals surface area contributed by atoms with Crippen molar-refractivity contribution in [1.82, 2.24) is 25.8 Å². The summed E-state index contributed by atoms with van der Waals surface area (Å²) in [7, 11) is 3.40. The van der Waals surface area contributed by atoms with Gasteiger partial charge in [-0.05, 0) is 29.8 Å². The van der Waals surface area contributed by atoms with Gasteiger partial charge in [-0.3, -0.25) is 19.8 Å². The number of imide groups is 1. The molecule has 6 amide bonds. The van der Waals surface area contributed by atoms with Crippen LogP contribution in [0.5, 0.6) is 5.75 Å². The highest BCUT2D eigenvalue weighted by Crippen LogP contribution is 2.28. The first kappa shape index (κ1) is 22.2. The molecule has 3 aliphatic heterocycles. The molecule has 5 heterocycles. The molecule has 12 heteroatoms. The van der Waals surface area contributed by atoms with Crippen LogP contribution < -0.4 is 25.6 Å². The number of urea groups is 2. The van der Waals surface area contributed by atoms with E-state index in [9.17, 15) is 19.2 Å². The molecule has 3 N–H and O–H groups in total. The molecule has 2 saturated heterocycles. The van der Waals surface area contributed by atoms with Crippen molar-refractivity contribution >= 4 is 40.7 Å². The molecule has 2 aromatic heterocycles. The lowest BCUT2D eigenvalue weighted by molar-refractivity contribution is -0.120. The Balaban J connectivity index is 0.000000166. The highest BCUT2D eigenvalue weighted by atomic mass is 16.5. The molecule has 1 atom stereocenters. The first-order valence-corrected chi connectivity index (χ1v) is 10.8. The standard InChI is InChI=1S/C13H11N5O4.C10H11NO2/c19-11-10(16-12(20)17-11)7-3-6-4-9(15-5-8(6)22-7)18-2-1-14-13(18)21;1-11-6-7-3-4-8(13-2)5-9(7)10(11)12/h3-5,10H,1-2H2,(H,14,21)(H2,16,17,19,20);3-5H,6H2,1-2H3. The monoisotopic (exact) mass is 478 g/mol. The van der Waals surface area contributed by atoms with Gasteiger partial charge in [0.15, 0.2) is 11.6 Å². The third-order valence-corrected chi connectivity index (χ3v) is 5.90. The average Bonchev–Trinajstić information content (AvgIpc) is 3.60. The van der Waals surface area contributed by atoms with Crippen molar-refractivity contribution in [2.45, 2.75) is 12.6 Å². The van der Waals surface area contributed by atoms with Crippen molar-refractivity contribution in [1.29, 1.82) is 0 Å². The molecule has 1 unspecified atom stereocenters. The number of carbonyl (C=O) groups is 4. The van der Waals surface area contributed by atoms with Crippen LogP contribution in [0.1, 0.15) is 27.7 Å². The Kier molecular flexibility index (Phi) is 5.47. The van der Waals surface area contributed by atoms with Crippen LogP contribution in [-0.2, 0) is 11.3 Å². The fraction of sp³-hybridized carbons (Fsp3) is 0.261. The largest absolute Gasteiger partial charge is 0.497 e. The zero-order valence-electron chi connectivity index (χ0n) is 19.0. The third kappa shape index (κ3) is 4.09. The van der Waals surface area contributed by atoms with Crippen molar-refractivity contribution in [2.24, 2.45) is 0 Å². The Labute approximate surface area is 199 Å². The number of methoxy groups -OCH3 is 1. The lowest BCUT2D eigenvalue weighted by Gasteiger charge is -2.12. The molecular formula is C23H22N6O6. The molecule has 0 saturated carbocycles. The van der Waals surface area contributed by atoms with E-state index in [2.05, 4.69) is 20.9 Å². The summed E-state index contributed by atoms with van der Waals surface area (Å²) in [5.41, 5.74) is 2.32. The number of anilines is 1. The number of nitrogens with zero attached hydrogens (tertiary/aromatic N) is 3. The molecule has 180 valence electrons. The molecule has 6 rings (SSSR count). The van der Waals surface area contributed by atoms with Crippen LogP contribution >= 0.6 is 0 Å². The number of fused-ring (bicyclic) bond motifs is 2. The first-order chi connectivity index (χ1) is 16.8. The van der Waals surface area contributed by atoms with Crippen LogP contribution in [0.15, 0.2) is 40.9 Å². The highest BCUT2D eigenvalue weighted by Gasteiger charge is 2.34. The Morgan fingerprint density at radius 2 is 1.97 bits per heavy atom. The fourth-order valence-electron chi connectivity index (χ4n) is 4.10. The van der Waals surface area contributed by atoms with Gasteiger partial charge in [0.2, 0.25) is 0 Å². The van der Waals surface area contributed by atoms with Crippen LogP contribution in [0.4, 0.5) is 15.4 Å². The van der Waals surface area contributed by atoms with Gasteiger partial charge in [0, 0.05) is 37.6 Å². The summed E-state index contributed by atoms with van der Waals surface area (Å²) in [5, 5.41) is 8.02. The minimum absolute atomic E-state index is 0.0777. The number of hydrogen-bond acceptors (Lipinski definition) is 7. The second-order valence-corrected chi connectivity index (χ2v) is 8.19. The van der Waals surface area contributed by atoms with Crippen LogP contribution in [0, 0.1) is 0 Å². The Bertz CT molecular complexity index is 1370. The summed E-state index contributed by atoms with van der Waals surface area (Å²) in [5.74, 6) is 1.19. The average molecular weight is 478 g/mol.